The molecule has 2 N–H and O–H groups in total. The van der Waals surface area contributed by atoms with Crippen LogP contribution in [-0.4, -0.2) is 54.0 Å². The molecule has 0 bridgehead atoms. The van der Waals surface area contributed by atoms with Gasteiger partial charge in [0.25, 0.3) is 0 Å². The van der Waals surface area contributed by atoms with Crippen molar-refractivity contribution in [1.82, 2.24) is 10.2 Å². The van der Waals surface area contributed by atoms with E-state index in [2.05, 4.69) is 5.32 Å². The van der Waals surface area contributed by atoms with Crippen LogP contribution in [0.1, 0.15) is 20.8 Å². The Balaban J connectivity index is 1.89. The third-order valence-corrected chi connectivity index (χ3v) is 3.40. The minimum absolute atomic E-state index is 0.198. The minimum atomic E-state index is -0.474. The zero-order valence-electron chi connectivity index (χ0n) is 10.8. The van der Waals surface area contributed by atoms with Gasteiger partial charge in [0.05, 0.1) is 12.6 Å². The molecule has 2 heterocycles. The second-order valence-electron chi connectivity index (χ2n) is 6.03. The van der Waals surface area contributed by atoms with Crippen molar-refractivity contribution in [2.75, 3.05) is 26.2 Å². The van der Waals surface area contributed by atoms with Crippen molar-refractivity contribution >= 4 is 6.09 Å². The van der Waals surface area contributed by atoms with Gasteiger partial charge in [-0.05, 0) is 39.8 Å². The summed E-state index contributed by atoms with van der Waals surface area (Å²) in [4.78, 5) is 13.5. The lowest BCUT2D eigenvalue weighted by molar-refractivity contribution is 0.0269. The number of hydrogen-bond donors (Lipinski definition) is 2. The largest absolute Gasteiger partial charge is 0.444 e. The highest BCUT2D eigenvalue weighted by molar-refractivity contribution is 5.68. The number of carbonyl (C=O) groups is 1. The average Bonchev–Trinajstić information content (AvgIpc) is 2.42. The van der Waals surface area contributed by atoms with Gasteiger partial charge < -0.3 is 20.1 Å². The molecule has 0 saturated carbocycles. The molecule has 2 aliphatic rings. The van der Waals surface area contributed by atoms with Crippen molar-refractivity contribution in [1.29, 1.82) is 0 Å². The third kappa shape index (κ3) is 2.90. The predicted molar refractivity (Wildman–Crippen MR) is 63.7 cm³/mol. The van der Waals surface area contributed by atoms with E-state index in [1.165, 1.54) is 0 Å². The lowest BCUT2D eigenvalue weighted by Crippen LogP contribution is -2.49. The summed E-state index contributed by atoms with van der Waals surface area (Å²) in [6.07, 6.45) is -0.721. The van der Waals surface area contributed by atoms with Crippen molar-refractivity contribution in [3.8, 4) is 0 Å². The monoisotopic (exact) mass is 242 g/mol. The molecule has 0 aromatic carbocycles. The number of β-amino-alcohol motifs (C(OH)–C–C–N with tert-alkyl or cyclic N) is 1. The number of nitrogens with one attached hydrogen (secondary N) is 1. The lowest BCUT2D eigenvalue weighted by Gasteiger charge is -2.33. The number of nitrogens with zero attached hydrogens (tertiary/aromatic N) is 1. The number of aliphatic hydroxyl groups is 1. The minimum Gasteiger partial charge on any atom is -0.444 e. The maximum atomic E-state index is 11.9. The molecule has 2 aliphatic heterocycles. The number of aliphatic hydroxyl groups excluding tert-OH is 1. The first-order valence-electron chi connectivity index (χ1n) is 6.23. The van der Waals surface area contributed by atoms with Crippen LogP contribution in [-0.2, 0) is 4.74 Å². The Hall–Kier alpha value is -0.810. The van der Waals surface area contributed by atoms with Crippen LogP contribution in [0.25, 0.3) is 0 Å². The number of hydrogen-bond acceptors (Lipinski definition) is 4. The molecule has 2 rings (SSSR count). The molecule has 1 amide bonds. The van der Waals surface area contributed by atoms with E-state index in [0.29, 0.717) is 19.0 Å². The molecule has 0 aliphatic carbocycles. The van der Waals surface area contributed by atoms with E-state index in [9.17, 15) is 9.90 Å². The molecule has 0 aromatic rings. The van der Waals surface area contributed by atoms with Gasteiger partial charge in [0.15, 0.2) is 0 Å². The van der Waals surface area contributed by atoms with Gasteiger partial charge in [-0.1, -0.05) is 0 Å². The Bertz CT molecular complexity index is 297. The fraction of sp³-hybridized carbons (Fsp3) is 0.917. The summed E-state index contributed by atoms with van der Waals surface area (Å²) in [6, 6.07) is 0. The lowest BCUT2D eigenvalue weighted by atomic mass is 9.85. The summed E-state index contributed by atoms with van der Waals surface area (Å²) in [5.74, 6) is 0.696. The van der Waals surface area contributed by atoms with Crippen LogP contribution in [0.15, 0.2) is 0 Å². The molecule has 0 aromatic heterocycles. The molecule has 5 heteroatoms. The number of amides is 1. The highest BCUT2D eigenvalue weighted by Gasteiger charge is 2.41. The summed E-state index contributed by atoms with van der Waals surface area (Å²) >= 11 is 0. The molecule has 5 nitrogen and oxygen atoms in total. The van der Waals surface area contributed by atoms with Gasteiger partial charge in [0.1, 0.15) is 5.60 Å². The van der Waals surface area contributed by atoms with Gasteiger partial charge >= 0.3 is 6.09 Å². The first-order chi connectivity index (χ1) is 7.87. The molecule has 17 heavy (non-hydrogen) atoms. The summed E-state index contributed by atoms with van der Waals surface area (Å²) < 4.78 is 5.31. The molecule has 2 saturated heterocycles. The van der Waals surface area contributed by atoms with Gasteiger partial charge in [-0.2, -0.15) is 0 Å². The Morgan fingerprint density at radius 3 is 2.47 bits per heavy atom. The molecule has 2 fully saturated rings. The van der Waals surface area contributed by atoms with Crippen molar-refractivity contribution in [3.05, 3.63) is 0 Å². The van der Waals surface area contributed by atoms with Gasteiger partial charge in [-0.15, -0.1) is 0 Å². The molecule has 98 valence electrons. The molecular formula is C12H22N2O3. The van der Waals surface area contributed by atoms with Crippen molar-refractivity contribution in [3.63, 3.8) is 0 Å². The van der Waals surface area contributed by atoms with E-state index >= 15 is 0 Å². The molecule has 2 atom stereocenters. The fourth-order valence-electron chi connectivity index (χ4n) is 2.36. The molecular weight excluding hydrogens is 220 g/mol. The Morgan fingerprint density at radius 2 is 2.00 bits per heavy atom. The number of ether oxygens (including phenoxy) is 1. The SMILES string of the molecule is CC(C)(C)OC(=O)N1CC(O)C(C2CNC2)C1. The molecule has 0 radical (unpaired) electrons. The second kappa shape index (κ2) is 4.46. The number of likely N-dealkylation sites (tertiary alicyclic amines) is 1. The Labute approximate surface area is 102 Å². The van der Waals surface area contributed by atoms with E-state index in [1.54, 1.807) is 4.90 Å². The van der Waals surface area contributed by atoms with Crippen LogP contribution in [0.5, 0.6) is 0 Å². The maximum Gasteiger partial charge on any atom is 0.410 e. The summed E-state index contributed by atoms with van der Waals surface area (Å²) in [5.41, 5.74) is -0.474. The zero-order valence-corrected chi connectivity index (χ0v) is 10.8. The fourth-order valence-corrected chi connectivity index (χ4v) is 2.36. The van der Waals surface area contributed by atoms with Gasteiger partial charge in [-0.25, -0.2) is 4.79 Å². The molecule has 0 spiro atoms. The van der Waals surface area contributed by atoms with Crippen LogP contribution in [0.2, 0.25) is 0 Å². The van der Waals surface area contributed by atoms with Gasteiger partial charge in [0.2, 0.25) is 0 Å². The van der Waals surface area contributed by atoms with Crippen LogP contribution in [0.3, 0.4) is 0 Å². The standard InChI is InChI=1S/C12H22N2O3/c1-12(2,3)17-11(16)14-6-9(10(15)7-14)8-4-13-5-8/h8-10,13,15H,4-7H2,1-3H3. The Morgan fingerprint density at radius 1 is 1.35 bits per heavy atom. The van der Waals surface area contributed by atoms with Crippen LogP contribution < -0.4 is 5.32 Å². The quantitative estimate of drug-likeness (QED) is 0.700. The van der Waals surface area contributed by atoms with Crippen LogP contribution >= 0.6 is 0 Å². The average molecular weight is 242 g/mol. The highest BCUT2D eigenvalue weighted by atomic mass is 16.6. The van der Waals surface area contributed by atoms with Gasteiger partial charge in [-0.3, -0.25) is 0 Å². The summed E-state index contributed by atoms with van der Waals surface area (Å²) in [5, 5.41) is 13.2. The van der Waals surface area contributed by atoms with E-state index in [4.69, 9.17) is 4.74 Å². The Kier molecular flexibility index (Phi) is 3.32. The van der Waals surface area contributed by atoms with Crippen LogP contribution in [0.4, 0.5) is 4.79 Å². The molecule has 2 unspecified atom stereocenters. The second-order valence-corrected chi connectivity index (χ2v) is 6.03. The van der Waals surface area contributed by atoms with Gasteiger partial charge in [0, 0.05) is 12.5 Å². The van der Waals surface area contributed by atoms with Crippen molar-refractivity contribution in [2.24, 2.45) is 11.8 Å². The maximum absolute atomic E-state index is 11.9. The number of rotatable bonds is 1. The number of carbonyl (C=O) groups excluding carboxylic acids is 1. The van der Waals surface area contributed by atoms with E-state index < -0.39 is 11.7 Å². The van der Waals surface area contributed by atoms with Crippen molar-refractivity contribution in [2.45, 2.75) is 32.5 Å². The highest BCUT2D eigenvalue weighted by Crippen LogP contribution is 2.28. The zero-order chi connectivity index (χ0) is 12.6. The van der Waals surface area contributed by atoms with Crippen molar-refractivity contribution < 1.29 is 14.6 Å². The van der Waals surface area contributed by atoms with E-state index in [1.807, 2.05) is 20.8 Å². The topological polar surface area (TPSA) is 61.8 Å². The van der Waals surface area contributed by atoms with E-state index in [-0.39, 0.29) is 12.0 Å². The van der Waals surface area contributed by atoms with Crippen LogP contribution in [0, 0.1) is 11.8 Å². The van der Waals surface area contributed by atoms with E-state index in [0.717, 1.165) is 13.1 Å². The smallest absolute Gasteiger partial charge is 0.410 e. The first-order valence-corrected chi connectivity index (χ1v) is 6.23. The normalized spacial score (nSPS) is 30.2. The summed E-state index contributed by atoms with van der Waals surface area (Å²) in [6.45, 7) is 8.46. The third-order valence-electron chi connectivity index (χ3n) is 3.40. The summed E-state index contributed by atoms with van der Waals surface area (Å²) in [7, 11) is 0. The first kappa shape index (κ1) is 12.6. The predicted octanol–water partition coefficient (Wildman–Crippen LogP) is 0.434.